The van der Waals surface area contributed by atoms with Crippen LogP contribution in [0.25, 0.3) is 21.7 Å². The lowest BCUT2D eigenvalue weighted by Crippen LogP contribution is -2.58. The van der Waals surface area contributed by atoms with Crippen LogP contribution in [0.4, 0.5) is 0 Å². The molecule has 0 fully saturated rings. The number of hydrogen-bond acceptors (Lipinski definition) is 10. The van der Waals surface area contributed by atoms with Crippen LogP contribution in [0, 0.1) is 5.92 Å². The summed E-state index contributed by atoms with van der Waals surface area (Å²) >= 11 is 0. The van der Waals surface area contributed by atoms with Gasteiger partial charge in [-0.3, -0.25) is 38.6 Å². The summed E-state index contributed by atoms with van der Waals surface area (Å²) in [6.45, 7) is 3.32. The number of rotatable bonds is 28. The molecule has 0 aliphatic rings. The fourth-order valence-electron chi connectivity index (χ4n) is 8.21. The van der Waals surface area contributed by atoms with Gasteiger partial charge < -0.3 is 65.6 Å². The third-order valence-electron chi connectivity index (χ3n) is 12.1. The minimum atomic E-state index is -1.27. The average molecular weight is 988 g/mol. The van der Waals surface area contributed by atoms with Gasteiger partial charge in [0.25, 0.3) is 0 Å². The smallest absolute Gasteiger partial charge is 0.243 e. The van der Waals surface area contributed by atoms with E-state index in [4.69, 9.17) is 28.7 Å². The Morgan fingerprint density at radius 1 is 0.597 bits per heavy atom. The van der Waals surface area contributed by atoms with E-state index in [1.54, 1.807) is 50.4 Å². The summed E-state index contributed by atoms with van der Waals surface area (Å²) < 4.78 is 0. The van der Waals surface area contributed by atoms with E-state index >= 15 is 0 Å². The van der Waals surface area contributed by atoms with Crippen molar-refractivity contribution < 1.29 is 33.6 Å². The van der Waals surface area contributed by atoms with E-state index in [1.165, 1.54) is 0 Å². The van der Waals surface area contributed by atoms with Crippen molar-refractivity contribution in [2.24, 2.45) is 39.6 Å². The average Bonchev–Trinajstić information content (AvgIpc) is 3.77. The number of aromatic nitrogens is 1. The summed E-state index contributed by atoms with van der Waals surface area (Å²) in [5, 5.41) is 19.1. The number of aliphatic imine (C=N–C) groups is 1. The fraction of sp³-hybridized carbons (Fsp3) is 0.385. The number of H-pyrrole nitrogens is 1. The summed E-state index contributed by atoms with van der Waals surface area (Å²) in [5.41, 5.74) is 31.9. The van der Waals surface area contributed by atoms with Crippen molar-refractivity contribution in [3.63, 3.8) is 0 Å². The van der Waals surface area contributed by atoms with Crippen LogP contribution in [0.15, 0.2) is 108 Å². The minimum Gasteiger partial charge on any atom is -0.370 e. The van der Waals surface area contributed by atoms with E-state index in [-0.39, 0.29) is 56.9 Å². The molecule has 0 radical (unpaired) electrons. The van der Waals surface area contributed by atoms with Crippen molar-refractivity contribution in [1.82, 2.24) is 36.9 Å². The highest BCUT2D eigenvalue weighted by Crippen LogP contribution is 2.20. The molecule has 0 bridgehead atoms. The van der Waals surface area contributed by atoms with Gasteiger partial charge in [0.05, 0.1) is 12.6 Å². The lowest BCUT2D eigenvalue weighted by Gasteiger charge is -2.26. The minimum absolute atomic E-state index is 0.0260. The number of guanidine groups is 1. The van der Waals surface area contributed by atoms with E-state index in [9.17, 15) is 33.6 Å². The second-order valence-electron chi connectivity index (χ2n) is 18.1. The van der Waals surface area contributed by atoms with Gasteiger partial charge >= 0.3 is 0 Å². The van der Waals surface area contributed by atoms with Crippen LogP contribution in [-0.2, 0) is 52.8 Å². The highest BCUT2D eigenvalue weighted by Gasteiger charge is 2.32. The first-order chi connectivity index (χ1) is 34.5. The van der Waals surface area contributed by atoms with Gasteiger partial charge in [0.1, 0.15) is 30.2 Å². The van der Waals surface area contributed by atoms with Crippen molar-refractivity contribution in [1.29, 1.82) is 0 Å². The number of carbonyl (C=O) groups is 7. The molecule has 1 heterocycles. The largest absolute Gasteiger partial charge is 0.370 e. The molecule has 7 amide bonds. The normalized spacial score (nSPS) is 13.7. The van der Waals surface area contributed by atoms with Gasteiger partial charge in [-0.15, -0.1) is 0 Å². The van der Waals surface area contributed by atoms with Gasteiger partial charge in [-0.05, 0) is 84.5 Å². The van der Waals surface area contributed by atoms with Crippen LogP contribution in [0.2, 0.25) is 0 Å². The molecule has 20 heteroatoms. The zero-order valence-corrected chi connectivity index (χ0v) is 40.8. The Morgan fingerprint density at radius 2 is 1.21 bits per heavy atom. The van der Waals surface area contributed by atoms with Crippen molar-refractivity contribution in [2.45, 2.75) is 101 Å². The Kier molecular flexibility index (Phi) is 21.1. The zero-order chi connectivity index (χ0) is 52.2. The highest BCUT2D eigenvalue weighted by molar-refractivity contribution is 5.97. The molecule has 0 unspecified atom stereocenters. The van der Waals surface area contributed by atoms with Gasteiger partial charge in [-0.2, -0.15) is 0 Å². The number of amides is 7. The Morgan fingerprint density at radius 3 is 1.89 bits per heavy atom. The molecule has 0 aliphatic carbocycles. The number of carbonyl (C=O) groups excluding carboxylic acids is 7. The lowest BCUT2D eigenvalue weighted by molar-refractivity contribution is -0.134. The monoisotopic (exact) mass is 988 g/mol. The number of primary amides is 1. The van der Waals surface area contributed by atoms with Crippen LogP contribution < -0.4 is 60.6 Å². The molecule has 1 aromatic heterocycles. The lowest BCUT2D eigenvalue weighted by atomic mass is 10.0. The maximum Gasteiger partial charge on any atom is 0.243 e. The van der Waals surface area contributed by atoms with Crippen LogP contribution in [0.1, 0.15) is 62.6 Å². The molecular weight excluding hydrogens is 919 g/mol. The van der Waals surface area contributed by atoms with Crippen LogP contribution in [0.5, 0.6) is 0 Å². The Labute approximate surface area is 418 Å². The number of fused-ring (bicyclic) bond motifs is 2. The molecule has 0 spiro atoms. The number of nitrogens with zero attached hydrogens (tertiary/aromatic N) is 1. The fourth-order valence-corrected chi connectivity index (χ4v) is 8.21. The van der Waals surface area contributed by atoms with Crippen molar-refractivity contribution in [3.05, 3.63) is 120 Å². The summed E-state index contributed by atoms with van der Waals surface area (Å²) in [5.74, 6) is -5.32. The molecule has 17 N–H and O–H groups in total. The van der Waals surface area contributed by atoms with Gasteiger partial charge in [-0.25, -0.2) is 0 Å². The number of nitrogens with one attached hydrogen (secondary N) is 7. The second kappa shape index (κ2) is 27.5. The van der Waals surface area contributed by atoms with Gasteiger partial charge in [-0.1, -0.05) is 105 Å². The summed E-state index contributed by atoms with van der Waals surface area (Å²) in [4.78, 5) is 103. The molecule has 6 atom stereocenters. The molecule has 5 aromatic rings. The van der Waals surface area contributed by atoms with Gasteiger partial charge in [0, 0.05) is 36.5 Å². The van der Waals surface area contributed by atoms with Crippen molar-refractivity contribution in [2.75, 3.05) is 19.6 Å². The van der Waals surface area contributed by atoms with Crippen LogP contribution in [0.3, 0.4) is 0 Å². The van der Waals surface area contributed by atoms with E-state index in [0.717, 1.165) is 32.8 Å². The quantitative estimate of drug-likeness (QED) is 0.0186. The molecule has 0 saturated carbocycles. The number of nitrogens with two attached hydrogens (primary N) is 5. The number of unbranched alkanes of at least 4 members (excludes halogenated alkanes) is 1. The van der Waals surface area contributed by atoms with E-state index in [2.05, 4.69) is 41.9 Å². The Bertz CT molecular complexity index is 2670. The van der Waals surface area contributed by atoms with Gasteiger partial charge in [0.15, 0.2) is 5.96 Å². The number of benzene rings is 4. The second-order valence-corrected chi connectivity index (χ2v) is 18.1. The van der Waals surface area contributed by atoms with E-state index in [0.29, 0.717) is 24.9 Å². The number of hydrogen-bond donors (Lipinski definition) is 12. The summed E-state index contributed by atoms with van der Waals surface area (Å²) in [7, 11) is 0. The van der Waals surface area contributed by atoms with E-state index in [1.807, 2.05) is 66.7 Å². The first kappa shape index (κ1) is 55.1. The highest BCUT2D eigenvalue weighted by atomic mass is 16.2. The van der Waals surface area contributed by atoms with Gasteiger partial charge in [0.2, 0.25) is 41.4 Å². The molecular formula is C52H69N13O7. The topological polar surface area (TPSA) is 350 Å². The molecule has 4 aromatic carbocycles. The standard InChI is InChI=1S/C52H69N13O7/c1-31(2)45(46(55)67)65-51(72)42(27-32-13-4-3-5-14-32)63-49(70)40(19-10-11-23-53)61-44(66)30-60-48(69)43(28-36-29-59-39-18-9-8-17-37(36)39)64-50(71)41(20-12-24-58-52(56)57)62-47(68)38(54)26-33-21-22-34-15-6-7-16-35(34)25-33/h3-9,13-18,21-22,25,29,31,38,40-43,45,59H,10-12,19-20,23-24,26-28,30,53-54H2,1-2H3,(H2,55,67)(H,60,69)(H,61,66)(H,62,68)(H,63,70)(H,64,71)(H,65,72)(H4,56,57,58)/t38-,40+,41+,42+,43+,45+/m1/s1. The zero-order valence-electron chi connectivity index (χ0n) is 40.8. The maximum atomic E-state index is 14.3. The van der Waals surface area contributed by atoms with Crippen LogP contribution >= 0.6 is 0 Å². The SMILES string of the molecule is CC(C)[C@H](NC(=O)[C@H](Cc1ccccc1)NC(=O)[C@H](CCCCN)NC(=O)CNC(=O)[C@H](Cc1c[nH]c2ccccc12)NC(=O)[C@H](CCCN=C(N)N)NC(=O)[C@H](N)Cc1ccc2ccccc2c1)C(N)=O. The molecule has 0 aliphatic heterocycles. The maximum absolute atomic E-state index is 14.3. The van der Waals surface area contributed by atoms with Crippen molar-refractivity contribution in [3.8, 4) is 0 Å². The molecule has 72 heavy (non-hydrogen) atoms. The number of para-hydroxylation sites is 1. The van der Waals surface area contributed by atoms with E-state index < -0.39 is 84.1 Å². The summed E-state index contributed by atoms with van der Waals surface area (Å²) in [6.07, 6.45) is 3.39. The predicted molar refractivity (Wildman–Crippen MR) is 277 cm³/mol. The molecule has 384 valence electrons. The number of aromatic amines is 1. The van der Waals surface area contributed by atoms with Crippen LogP contribution in [-0.4, -0.2) is 108 Å². The Hall–Kier alpha value is -7.84. The third-order valence-corrected chi connectivity index (χ3v) is 12.1. The predicted octanol–water partition coefficient (Wildman–Crippen LogP) is 0.540. The molecule has 5 rings (SSSR count). The first-order valence-electron chi connectivity index (χ1n) is 24.2. The molecule has 0 saturated heterocycles. The molecule has 20 nitrogen and oxygen atoms in total. The third kappa shape index (κ3) is 16.9. The first-order valence-corrected chi connectivity index (χ1v) is 24.2. The summed E-state index contributed by atoms with van der Waals surface area (Å²) in [6, 6.07) is 23.1. The van der Waals surface area contributed by atoms with Crippen molar-refractivity contribution >= 4 is 69.0 Å². The Balaban J connectivity index is 1.32.